The molecule has 26 heavy (non-hydrogen) atoms. The van der Waals surface area contributed by atoms with Gasteiger partial charge in [-0.1, -0.05) is 6.92 Å². The van der Waals surface area contributed by atoms with Gasteiger partial charge in [0, 0.05) is 12.6 Å². The fourth-order valence-corrected chi connectivity index (χ4v) is 6.43. The Balaban J connectivity index is 1.61. The summed E-state index contributed by atoms with van der Waals surface area (Å²) in [7, 11) is 0. The molecule has 2 fully saturated rings. The Kier molecular flexibility index (Phi) is 4.91. The highest BCUT2D eigenvalue weighted by Crippen LogP contribution is 2.61. The molecule has 0 radical (unpaired) electrons. The number of benzene rings is 1. The molecule has 3 aliphatic rings. The molecule has 0 amide bonds. The first-order valence-corrected chi connectivity index (χ1v) is 10.4. The largest absolute Gasteiger partial charge is 0.504 e. The first kappa shape index (κ1) is 18.1. The van der Waals surface area contributed by atoms with E-state index in [-0.39, 0.29) is 6.61 Å². The number of hydrogen-bond donors (Lipinski definition) is 3. The predicted octanol–water partition coefficient (Wildman–Crippen LogP) is 3.60. The van der Waals surface area contributed by atoms with Crippen LogP contribution in [0.25, 0.3) is 0 Å². The molecule has 2 saturated carbocycles. The van der Waals surface area contributed by atoms with E-state index in [1.54, 1.807) is 0 Å². The quantitative estimate of drug-likeness (QED) is 0.752. The lowest BCUT2D eigenvalue weighted by Gasteiger charge is -2.51. The van der Waals surface area contributed by atoms with Crippen molar-refractivity contribution in [3.05, 3.63) is 23.3 Å². The van der Waals surface area contributed by atoms with E-state index < -0.39 is 0 Å². The van der Waals surface area contributed by atoms with E-state index in [9.17, 15) is 10.2 Å². The molecule has 0 bridgehead atoms. The van der Waals surface area contributed by atoms with Crippen molar-refractivity contribution >= 4 is 0 Å². The number of phenolic OH excluding ortho intramolecular Hbond substituents is 1. The maximum atomic E-state index is 10.2. The fraction of sp³-hybridized carbons (Fsp3) is 0.727. The van der Waals surface area contributed by atoms with E-state index in [1.165, 1.54) is 43.2 Å². The standard InChI is InChI=1S/C22H33NO3/c1-3-26-20-13-17-14(12-19(20)25)4-5-16-15(17)8-9-22(2)18(16)6-7-21(22)23-10-11-24/h12-13,15-16,18,21,23-25H,3-11H2,1-2H3/t15-,16+,18-,21-,22-/m0/s1. The highest BCUT2D eigenvalue weighted by Gasteiger charge is 2.54. The number of aliphatic hydroxyl groups is 1. The summed E-state index contributed by atoms with van der Waals surface area (Å²) >= 11 is 0. The Morgan fingerprint density at radius 2 is 2.08 bits per heavy atom. The van der Waals surface area contributed by atoms with E-state index in [0.29, 0.717) is 42.0 Å². The zero-order valence-electron chi connectivity index (χ0n) is 16.1. The van der Waals surface area contributed by atoms with Gasteiger partial charge in [-0.25, -0.2) is 0 Å². The topological polar surface area (TPSA) is 61.7 Å². The SMILES string of the molecule is CCOc1cc2c(cc1O)CC[C@@H]1[C@@H]2CC[C@]2(C)[C@@H](NCCO)CC[C@@H]12. The van der Waals surface area contributed by atoms with Gasteiger partial charge >= 0.3 is 0 Å². The van der Waals surface area contributed by atoms with E-state index in [0.717, 1.165) is 18.3 Å². The Bertz CT molecular complexity index is 661. The summed E-state index contributed by atoms with van der Waals surface area (Å²) in [4.78, 5) is 0. The van der Waals surface area contributed by atoms with Crippen molar-refractivity contribution in [1.82, 2.24) is 5.32 Å². The third-order valence-corrected chi connectivity index (χ3v) is 7.61. The van der Waals surface area contributed by atoms with Crippen molar-refractivity contribution in [3.8, 4) is 11.5 Å². The van der Waals surface area contributed by atoms with Crippen LogP contribution in [0.1, 0.15) is 63.0 Å². The van der Waals surface area contributed by atoms with Crippen LogP contribution < -0.4 is 10.1 Å². The second-order valence-corrected chi connectivity index (χ2v) is 8.72. The monoisotopic (exact) mass is 359 g/mol. The van der Waals surface area contributed by atoms with E-state index in [1.807, 2.05) is 13.0 Å². The van der Waals surface area contributed by atoms with Crippen molar-refractivity contribution in [2.75, 3.05) is 19.8 Å². The lowest BCUT2D eigenvalue weighted by Crippen LogP contribution is -2.49. The number of fused-ring (bicyclic) bond motifs is 5. The lowest BCUT2D eigenvalue weighted by molar-refractivity contribution is 0.0402. The highest BCUT2D eigenvalue weighted by molar-refractivity contribution is 5.49. The van der Waals surface area contributed by atoms with Crippen LogP contribution in [0.4, 0.5) is 0 Å². The van der Waals surface area contributed by atoms with Gasteiger partial charge in [-0.15, -0.1) is 0 Å². The van der Waals surface area contributed by atoms with Crippen molar-refractivity contribution in [3.63, 3.8) is 0 Å². The number of ether oxygens (including phenoxy) is 1. The summed E-state index contributed by atoms with van der Waals surface area (Å²) in [6.07, 6.45) is 7.30. The Morgan fingerprint density at radius 1 is 1.23 bits per heavy atom. The van der Waals surface area contributed by atoms with Crippen molar-refractivity contribution in [2.45, 2.75) is 64.3 Å². The molecule has 4 nitrogen and oxygen atoms in total. The van der Waals surface area contributed by atoms with Crippen molar-refractivity contribution in [2.24, 2.45) is 17.3 Å². The van der Waals surface area contributed by atoms with Gasteiger partial charge in [-0.05, 0) is 91.9 Å². The maximum absolute atomic E-state index is 10.2. The molecular formula is C22H33NO3. The zero-order chi connectivity index (χ0) is 18.3. The number of hydrogen-bond acceptors (Lipinski definition) is 4. The second-order valence-electron chi connectivity index (χ2n) is 8.72. The molecule has 0 aromatic heterocycles. The van der Waals surface area contributed by atoms with Crippen molar-refractivity contribution in [1.29, 1.82) is 0 Å². The van der Waals surface area contributed by atoms with Crippen LogP contribution in [0.3, 0.4) is 0 Å². The van der Waals surface area contributed by atoms with Gasteiger partial charge in [-0.2, -0.15) is 0 Å². The number of aliphatic hydroxyl groups excluding tert-OH is 1. The second kappa shape index (κ2) is 7.05. The minimum absolute atomic E-state index is 0.223. The minimum atomic E-state index is 0.223. The normalized spacial score (nSPS) is 35.5. The first-order valence-electron chi connectivity index (χ1n) is 10.4. The molecule has 1 aromatic rings. The third-order valence-electron chi connectivity index (χ3n) is 7.61. The lowest BCUT2D eigenvalue weighted by atomic mass is 9.55. The molecule has 4 rings (SSSR count). The maximum Gasteiger partial charge on any atom is 0.161 e. The molecule has 0 saturated heterocycles. The van der Waals surface area contributed by atoms with Gasteiger partial charge in [0.2, 0.25) is 0 Å². The fourth-order valence-electron chi connectivity index (χ4n) is 6.43. The van der Waals surface area contributed by atoms with Crippen LogP contribution in [0.5, 0.6) is 11.5 Å². The average Bonchev–Trinajstić information content (AvgIpc) is 2.97. The number of aryl methyl sites for hydroxylation is 1. The summed E-state index contributed by atoms with van der Waals surface area (Å²) in [6.45, 7) is 5.96. The zero-order valence-corrected chi connectivity index (χ0v) is 16.1. The number of aromatic hydroxyl groups is 1. The molecule has 0 spiro atoms. The van der Waals surface area contributed by atoms with E-state index in [2.05, 4.69) is 18.3 Å². The molecule has 5 atom stereocenters. The highest BCUT2D eigenvalue weighted by atomic mass is 16.5. The molecule has 144 valence electrons. The summed E-state index contributed by atoms with van der Waals surface area (Å²) in [6, 6.07) is 4.62. The van der Waals surface area contributed by atoms with Gasteiger partial charge in [0.05, 0.1) is 13.2 Å². The molecule has 3 N–H and O–H groups in total. The Labute approximate surface area is 157 Å². The smallest absolute Gasteiger partial charge is 0.161 e. The summed E-state index contributed by atoms with van der Waals surface area (Å²) in [5, 5.41) is 23.1. The number of nitrogens with one attached hydrogen (secondary N) is 1. The van der Waals surface area contributed by atoms with Crippen LogP contribution in [-0.2, 0) is 6.42 Å². The first-order chi connectivity index (χ1) is 12.6. The third kappa shape index (κ3) is 2.82. The van der Waals surface area contributed by atoms with Gasteiger partial charge in [0.25, 0.3) is 0 Å². The summed E-state index contributed by atoms with van der Waals surface area (Å²) in [5.41, 5.74) is 3.10. The van der Waals surface area contributed by atoms with Crippen molar-refractivity contribution < 1.29 is 14.9 Å². The Hall–Kier alpha value is -1.26. The molecular weight excluding hydrogens is 326 g/mol. The number of rotatable bonds is 5. The summed E-state index contributed by atoms with van der Waals surface area (Å²) < 4.78 is 5.67. The van der Waals surface area contributed by atoms with Gasteiger partial charge in [0.15, 0.2) is 11.5 Å². The molecule has 4 heteroatoms. The summed E-state index contributed by atoms with van der Waals surface area (Å²) in [5.74, 6) is 3.04. The minimum Gasteiger partial charge on any atom is -0.504 e. The van der Waals surface area contributed by atoms with Crippen LogP contribution in [-0.4, -0.2) is 36.0 Å². The number of phenols is 1. The average molecular weight is 360 g/mol. The van der Waals surface area contributed by atoms with Crippen LogP contribution in [0.15, 0.2) is 12.1 Å². The van der Waals surface area contributed by atoms with Crippen LogP contribution >= 0.6 is 0 Å². The van der Waals surface area contributed by atoms with Crippen LogP contribution in [0, 0.1) is 17.3 Å². The molecule has 0 unspecified atom stereocenters. The predicted molar refractivity (Wildman–Crippen MR) is 103 cm³/mol. The molecule has 3 aliphatic carbocycles. The molecule has 0 aliphatic heterocycles. The van der Waals surface area contributed by atoms with Crippen LogP contribution in [0.2, 0.25) is 0 Å². The van der Waals surface area contributed by atoms with Gasteiger partial charge < -0.3 is 20.3 Å². The molecule has 1 aromatic carbocycles. The van der Waals surface area contributed by atoms with E-state index >= 15 is 0 Å². The van der Waals surface area contributed by atoms with Gasteiger partial charge in [-0.3, -0.25) is 0 Å². The van der Waals surface area contributed by atoms with Gasteiger partial charge in [0.1, 0.15) is 0 Å². The van der Waals surface area contributed by atoms with E-state index in [4.69, 9.17) is 4.74 Å². The molecule has 0 heterocycles. The Morgan fingerprint density at radius 3 is 2.85 bits per heavy atom.